The Morgan fingerprint density at radius 3 is 2.53 bits per heavy atom. The van der Waals surface area contributed by atoms with Crippen LogP contribution in [0.15, 0.2) is 30.3 Å². The molecule has 0 saturated heterocycles. The van der Waals surface area contributed by atoms with Crippen molar-refractivity contribution >= 4 is 17.8 Å². The van der Waals surface area contributed by atoms with Gasteiger partial charge < -0.3 is 15.0 Å². The molecule has 8 heteroatoms. The quantitative estimate of drug-likeness (QED) is 0.725. The van der Waals surface area contributed by atoms with Crippen molar-refractivity contribution in [2.45, 2.75) is 70.6 Å². The minimum absolute atomic E-state index is 0.0584. The lowest BCUT2D eigenvalue weighted by Crippen LogP contribution is -2.64. The number of nitrogens with one attached hydrogen (secondary N) is 1. The number of methoxy groups -OCH3 is 1. The molecule has 1 atom stereocenters. The molecular formula is C24H30N4O4. The molecule has 2 aliphatic rings. The van der Waals surface area contributed by atoms with Gasteiger partial charge in [0.2, 0.25) is 5.91 Å². The van der Waals surface area contributed by atoms with Gasteiger partial charge in [0.05, 0.1) is 13.7 Å². The molecule has 0 bridgehead atoms. The predicted octanol–water partition coefficient (Wildman–Crippen LogP) is 2.84. The number of benzene rings is 1. The van der Waals surface area contributed by atoms with Crippen LogP contribution in [0.1, 0.15) is 71.1 Å². The van der Waals surface area contributed by atoms with Crippen molar-refractivity contribution in [1.82, 2.24) is 20.0 Å². The SMILES string of the molecule is COC(=O)c1cc2n(n1)C[C@@](C)(C(=O)NC1CCCCC1)N(Cc1ccc(C)cc1)C2=O. The summed E-state index contributed by atoms with van der Waals surface area (Å²) in [5, 5.41) is 7.44. The molecule has 0 radical (unpaired) electrons. The van der Waals surface area contributed by atoms with Crippen LogP contribution >= 0.6 is 0 Å². The summed E-state index contributed by atoms with van der Waals surface area (Å²) in [4.78, 5) is 40.7. The van der Waals surface area contributed by atoms with Crippen LogP contribution in [0.2, 0.25) is 0 Å². The molecule has 0 spiro atoms. The van der Waals surface area contributed by atoms with Crippen LogP contribution in [0.25, 0.3) is 0 Å². The van der Waals surface area contributed by atoms with E-state index in [1.165, 1.54) is 24.3 Å². The lowest BCUT2D eigenvalue weighted by Gasteiger charge is -2.44. The number of carbonyl (C=O) groups is 3. The molecular weight excluding hydrogens is 408 g/mol. The van der Waals surface area contributed by atoms with Gasteiger partial charge in [-0.3, -0.25) is 14.3 Å². The van der Waals surface area contributed by atoms with Crippen molar-refractivity contribution in [1.29, 1.82) is 0 Å². The summed E-state index contributed by atoms with van der Waals surface area (Å²) in [7, 11) is 1.27. The van der Waals surface area contributed by atoms with Gasteiger partial charge >= 0.3 is 5.97 Å². The minimum Gasteiger partial charge on any atom is -0.464 e. The third-order valence-electron chi connectivity index (χ3n) is 6.58. The Bertz CT molecular complexity index is 1020. The molecule has 1 aromatic carbocycles. The van der Waals surface area contributed by atoms with E-state index in [0.717, 1.165) is 36.8 Å². The average molecular weight is 439 g/mol. The molecule has 1 N–H and O–H groups in total. The zero-order chi connectivity index (χ0) is 22.9. The van der Waals surface area contributed by atoms with Crippen LogP contribution in [-0.4, -0.2) is 51.2 Å². The number of hydrogen-bond donors (Lipinski definition) is 1. The maximum atomic E-state index is 13.6. The van der Waals surface area contributed by atoms with E-state index in [1.54, 1.807) is 11.8 Å². The van der Waals surface area contributed by atoms with E-state index in [2.05, 4.69) is 10.4 Å². The molecule has 1 aliphatic heterocycles. The number of hydrogen-bond acceptors (Lipinski definition) is 5. The molecule has 2 amide bonds. The molecule has 32 heavy (non-hydrogen) atoms. The average Bonchev–Trinajstić information content (AvgIpc) is 3.22. The van der Waals surface area contributed by atoms with Crippen molar-refractivity contribution < 1.29 is 19.1 Å². The zero-order valence-electron chi connectivity index (χ0n) is 18.9. The smallest absolute Gasteiger partial charge is 0.358 e. The van der Waals surface area contributed by atoms with E-state index in [9.17, 15) is 14.4 Å². The van der Waals surface area contributed by atoms with Gasteiger partial charge in [0.1, 0.15) is 11.2 Å². The number of fused-ring (bicyclic) bond motifs is 1. The number of nitrogens with zero attached hydrogens (tertiary/aromatic N) is 3. The molecule has 0 unspecified atom stereocenters. The van der Waals surface area contributed by atoms with Crippen molar-refractivity contribution in [2.24, 2.45) is 0 Å². The minimum atomic E-state index is -1.15. The van der Waals surface area contributed by atoms with Gasteiger partial charge in [-0.1, -0.05) is 49.1 Å². The number of rotatable bonds is 5. The van der Waals surface area contributed by atoms with Gasteiger partial charge in [-0.05, 0) is 32.3 Å². The lowest BCUT2D eigenvalue weighted by molar-refractivity contribution is -0.134. The number of aryl methyl sites for hydroxylation is 1. The predicted molar refractivity (Wildman–Crippen MR) is 118 cm³/mol. The van der Waals surface area contributed by atoms with Crippen molar-refractivity contribution in [3.63, 3.8) is 0 Å². The fourth-order valence-corrected chi connectivity index (χ4v) is 4.56. The second-order valence-electron chi connectivity index (χ2n) is 9.02. The van der Waals surface area contributed by atoms with Crippen LogP contribution in [0, 0.1) is 6.92 Å². The molecule has 1 fully saturated rings. The van der Waals surface area contributed by atoms with Crippen LogP contribution in [-0.2, 0) is 22.6 Å². The maximum Gasteiger partial charge on any atom is 0.358 e. The number of aromatic nitrogens is 2. The largest absolute Gasteiger partial charge is 0.464 e. The molecule has 2 aromatic rings. The van der Waals surface area contributed by atoms with E-state index < -0.39 is 11.5 Å². The summed E-state index contributed by atoms with van der Waals surface area (Å²) in [5.41, 5.74) is 1.24. The van der Waals surface area contributed by atoms with Gasteiger partial charge in [-0.2, -0.15) is 5.10 Å². The third kappa shape index (κ3) is 4.13. The van der Waals surface area contributed by atoms with E-state index in [0.29, 0.717) is 0 Å². The number of amides is 2. The Morgan fingerprint density at radius 1 is 1.19 bits per heavy atom. The number of ether oxygens (including phenoxy) is 1. The molecule has 1 aromatic heterocycles. The zero-order valence-corrected chi connectivity index (χ0v) is 18.9. The normalized spacial score (nSPS) is 21.2. The Balaban J connectivity index is 1.69. The van der Waals surface area contributed by atoms with E-state index >= 15 is 0 Å². The molecule has 8 nitrogen and oxygen atoms in total. The first kappa shape index (κ1) is 22.0. The summed E-state index contributed by atoms with van der Waals surface area (Å²) in [6.45, 7) is 4.23. The summed E-state index contributed by atoms with van der Waals surface area (Å²) in [5.74, 6) is -1.13. The molecule has 170 valence electrons. The second kappa shape index (κ2) is 8.76. The number of carbonyl (C=O) groups excluding carboxylic acids is 3. The summed E-state index contributed by atoms with van der Waals surface area (Å²) in [6.07, 6.45) is 5.29. The molecule has 4 rings (SSSR count). The third-order valence-corrected chi connectivity index (χ3v) is 6.58. The topological polar surface area (TPSA) is 93.5 Å². The Hall–Kier alpha value is -3.16. The van der Waals surface area contributed by atoms with E-state index in [1.807, 2.05) is 31.2 Å². The van der Waals surface area contributed by atoms with E-state index in [4.69, 9.17) is 4.74 Å². The standard InChI is InChI=1S/C24H30N4O4/c1-16-9-11-17(12-10-16)14-27-21(29)20-13-19(22(30)32-3)26-28(20)15-24(27,2)23(31)25-18-7-5-4-6-8-18/h9-13,18H,4-8,14-15H2,1-3H3,(H,25,31)/t24-/m0/s1. The van der Waals surface area contributed by atoms with Crippen LogP contribution < -0.4 is 5.32 Å². The highest BCUT2D eigenvalue weighted by Crippen LogP contribution is 2.30. The molecule has 2 heterocycles. The van der Waals surface area contributed by atoms with E-state index in [-0.39, 0.29) is 42.3 Å². The Labute approximate surface area is 187 Å². The number of esters is 1. The molecule has 1 saturated carbocycles. The second-order valence-corrected chi connectivity index (χ2v) is 9.02. The fraction of sp³-hybridized carbons (Fsp3) is 0.500. The van der Waals surface area contributed by atoms with Crippen LogP contribution in [0.3, 0.4) is 0 Å². The first-order valence-electron chi connectivity index (χ1n) is 11.2. The van der Waals surface area contributed by atoms with Gasteiger partial charge in [-0.25, -0.2) is 4.79 Å². The highest BCUT2D eigenvalue weighted by Gasteiger charge is 2.48. The van der Waals surface area contributed by atoms with Gasteiger partial charge in [-0.15, -0.1) is 0 Å². The monoisotopic (exact) mass is 438 g/mol. The summed E-state index contributed by atoms with van der Waals surface area (Å²) in [6, 6.07) is 9.47. The first-order valence-corrected chi connectivity index (χ1v) is 11.2. The maximum absolute atomic E-state index is 13.6. The Kier molecular flexibility index (Phi) is 6.04. The van der Waals surface area contributed by atoms with Crippen LogP contribution in [0.5, 0.6) is 0 Å². The van der Waals surface area contributed by atoms with Crippen molar-refractivity contribution in [2.75, 3.05) is 7.11 Å². The van der Waals surface area contributed by atoms with Gasteiger partial charge in [0.15, 0.2) is 5.69 Å². The lowest BCUT2D eigenvalue weighted by atomic mass is 9.91. The highest BCUT2D eigenvalue weighted by molar-refractivity contribution is 6.01. The van der Waals surface area contributed by atoms with Crippen molar-refractivity contribution in [3.05, 3.63) is 52.8 Å². The van der Waals surface area contributed by atoms with Crippen LogP contribution in [0.4, 0.5) is 0 Å². The fourth-order valence-electron chi connectivity index (χ4n) is 4.56. The van der Waals surface area contributed by atoms with Gasteiger partial charge in [0, 0.05) is 18.7 Å². The molecule has 1 aliphatic carbocycles. The summed E-state index contributed by atoms with van der Waals surface area (Å²) >= 11 is 0. The Morgan fingerprint density at radius 2 is 1.88 bits per heavy atom. The van der Waals surface area contributed by atoms with Gasteiger partial charge in [0.25, 0.3) is 5.91 Å². The summed E-state index contributed by atoms with van der Waals surface area (Å²) < 4.78 is 6.22. The first-order chi connectivity index (χ1) is 15.3. The highest BCUT2D eigenvalue weighted by atomic mass is 16.5. The van der Waals surface area contributed by atoms with Crippen molar-refractivity contribution in [3.8, 4) is 0 Å².